The van der Waals surface area contributed by atoms with E-state index in [0.717, 1.165) is 39.0 Å². The molecule has 1 saturated heterocycles. The topological polar surface area (TPSA) is 49.6 Å². The average Bonchev–Trinajstić information content (AvgIpc) is 2.77. The average molecular weight is 311 g/mol. The normalized spacial score (nSPS) is 26.9. The lowest BCUT2D eigenvalue weighted by atomic mass is 9.81. The number of nitrogens with zero attached hydrogens (tertiary/aromatic N) is 2. The number of piperazine rings is 1. The van der Waals surface area contributed by atoms with Crippen LogP contribution in [0.15, 0.2) is 0 Å². The maximum absolute atomic E-state index is 12.8. The second kappa shape index (κ2) is 5.84. The van der Waals surface area contributed by atoms with Gasteiger partial charge in [0, 0.05) is 32.1 Å². The van der Waals surface area contributed by atoms with Crippen molar-refractivity contribution in [1.29, 1.82) is 0 Å². The predicted octanol–water partition coefficient (Wildman–Crippen LogP) is 2.02. The van der Waals surface area contributed by atoms with Crippen LogP contribution in [-0.4, -0.2) is 52.4 Å². The van der Waals surface area contributed by atoms with Crippen LogP contribution in [0.1, 0.15) is 47.0 Å². The van der Waals surface area contributed by atoms with Crippen LogP contribution in [0.5, 0.6) is 0 Å². The number of hydrogen-bond donors (Lipinski definition) is 1. The summed E-state index contributed by atoms with van der Waals surface area (Å²) in [6.45, 7) is 11.9. The van der Waals surface area contributed by atoms with Crippen molar-refractivity contribution < 1.29 is 4.79 Å². The molecule has 0 spiro atoms. The highest BCUT2D eigenvalue weighted by Crippen LogP contribution is 2.43. The van der Waals surface area contributed by atoms with Crippen LogP contribution >= 0.6 is 12.2 Å². The van der Waals surface area contributed by atoms with Crippen molar-refractivity contribution in [2.75, 3.05) is 26.2 Å². The molecule has 0 aromatic heterocycles. The minimum atomic E-state index is -0.267. The lowest BCUT2D eigenvalue weighted by Crippen LogP contribution is -2.60. The van der Waals surface area contributed by atoms with Crippen molar-refractivity contribution in [3.63, 3.8) is 0 Å². The van der Waals surface area contributed by atoms with E-state index >= 15 is 0 Å². The van der Waals surface area contributed by atoms with E-state index in [4.69, 9.17) is 18.0 Å². The van der Waals surface area contributed by atoms with Gasteiger partial charge in [0.2, 0.25) is 5.91 Å². The predicted molar refractivity (Wildman–Crippen MR) is 90.1 cm³/mol. The van der Waals surface area contributed by atoms with E-state index in [1.807, 2.05) is 4.90 Å². The first-order valence-electron chi connectivity index (χ1n) is 8.00. The van der Waals surface area contributed by atoms with Crippen LogP contribution in [0.2, 0.25) is 0 Å². The molecule has 21 heavy (non-hydrogen) atoms. The SMILES string of the molecule is CC1(C)CCCC1C(=O)N1CCN(C(C)(C)C(N)=S)CC1. The Labute approximate surface area is 134 Å². The summed E-state index contributed by atoms with van der Waals surface area (Å²) in [7, 11) is 0. The Morgan fingerprint density at radius 1 is 1.24 bits per heavy atom. The fourth-order valence-corrected chi connectivity index (χ4v) is 3.78. The third kappa shape index (κ3) is 3.24. The fourth-order valence-electron chi connectivity index (χ4n) is 3.65. The molecule has 1 heterocycles. The number of carbonyl (C=O) groups excluding carboxylic acids is 1. The molecule has 1 saturated carbocycles. The van der Waals surface area contributed by atoms with Crippen LogP contribution in [0.25, 0.3) is 0 Å². The summed E-state index contributed by atoms with van der Waals surface area (Å²) in [6, 6.07) is 0. The van der Waals surface area contributed by atoms with E-state index in [1.54, 1.807) is 0 Å². The molecule has 1 amide bonds. The van der Waals surface area contributed by atoms with Gasteiger partial charge in [-0.05, 0) is 32.1 Å². The summed E-state index contributed by atoms with van der Waals surface area (Å²) in [5.41, 5.74) is 5.73. The molecule has 0 radical (unpaired) electrons. The summed E-state index contributed by atoms with van der Waals surface area (Å²) in [5.74, 6) is 0.554. The van der Waals surface area contributed by atoms with Crippen molar-refractivity contribution in [2.24, 2.45) is 17.1 Å². The molecule has 2 fully saturated rings. The number of thiocarbonyl (C=S) groups is 1. The molecule has 2 N–H and O–H groups in total. The molecule has 1 unspecified atom stereocenters. The summed E-state index contributed by atoms with van der Waals surface area (Å²) in [5, 5.41) is 0. The van der Waals surface area contributed by atoms with Crippen LogP contribution in [0.3, 0.4) is 0 Å². The third-order valence-electron chi connectivity index (χ3n) is 5.54. The Bertz CT molecular complexity index is 425. The van der Waals surface area contributed by atoms with Gasteiger partial charge >= 0.3 is 0 Å². The number of rotatable bonds is 3. The van der Waals surface area contributed by atoms with Crippen molar-refractivity contribution in [3.8, 4) is 0 Å². The minimum absolute atomic E-state index is 0.159. The minimum Gasteiger partial charge on any atom is -0.392 e. The molecule has 0 aromatic rings. The van der Waals surface area contributed by atoms with Gasteiger partial charge in [0.25, 0.3) is 0 Å². The Morgan fingerprint density at radius 2 is 1.81 bits per heavy atom. The van der Waals surface area contributed by atoms with Gasteiger partial charge in [-0.1, -0.05) is 32.5 Å². The van der Waals surface area contributed by atoms with E-state index in [9.17, 15) is 4.79 Å². The van der Waals surface area contributed by atoms with Gasteiger partial charge in [0.15, 0.2) is 0 Å². The Balaban J connectivity index is 1.95. The van der Waals surface area contributed by atoms with Gasteiger partial charge in [-0.15, -0.1) is 0 Å². The van der Waals surface area contributed by atoms with Gasteiger partial charge in [0.1, 0.15) is 0 Å². The third-order valence-corrected chi connectivity index (χ3v) is 6.04. The Morgan fingerprint density at radius 3 is 2.24 bits per heavy atom. The highest BCUT2D eigenvalue weighted by Gasteiger charge is 2.42. The molecular weight excluding hydrogens is 282 g/mol. The van der Waals surface area contributed by atoms with Crippen molar-refractivity contribution in [3.05, 3.63) is 0 Å². The molecule has 4 nitrogen and oxygen atoms in total. The van der Waals surface area contributed by atoms with E-state index in [-0.39, 0.29) is 16.9 Å². The van der Waals surface area contributed by atoms with Gasteiger partial charge in [0.05, 0.1) is 10.5 Å². The molecule has 1 aliphatic carbocycles. The molecule has 2 aliphatic rings. The summed E-state index contributed by atoms with van der Waals surface area (Å²) >= 11 is 5.17. The van der Waals surface area contributed by atoms with Crippen LogP contribution in [-0.2, 0) is 4.79 Å². The molecule has 2 rings (SSSR count). The first kappa shape index (κ1) is 16.7. The Kier molecular flexibility index (Phi) is 4.64. The number of nitrogens with two attached hydrogens (primary N) is 1. The first-order chi connectivity index (χ1) is 9.66. The quantitative estimate of drug-likeness (QED) is 0.810. The Hall–Kier alpha value is -0.680. The van der Waals surface area contributed by atoms with E-state index < -0.39 is 0 Å². The summed E-state index contributed by atoms with van der Waals surface area (Å²) in [6.07, 6.45) is 3.39. The molecule has 1 aliphatic heterocycles. The molecule has 5 heteroatoms. The standard InChI is InChI=1S/C16H29N3OS/c1-15(2)7-5-6-12(15)13(20)18-8-10-19(11-9-18)16(3,4)14(17)21/h12H,5-11H2,1-4H3,(H2,17,21). The highest BCUT2D eigenvalue weighted by molar-refractivity contribution is 7.80. The zero-order valence-electron chi connectivity index (χ0n) is 13.8. The van der Waals surface area contributed by atoms with Crippen LogP contribution < -0.4 is 5.73 Å². The van der Waals surface area contributed by atoms with Gasteiger partial charge in [-0.25, -0.2) is 0 Å². The zero-order chi connectivity index (χ0) is 15.8. The van der Waals surface area contributed by atoms with Crippen molar-refractivity contribution in [2.45, 2.75) is 52.5 Å². The smallest absolute Gasteiger partial charge is 0.226 e. The largest absolute Gasteiger partial charge is 0.392 e. The lowest BCUT2D eigenvalue weighted by Gasteiger charge is -2.44. The van der Waals surface area contributed by atoms with Gasteiger partial charge < -0.3 is 10.6 Å². The number of carbonyl (C=O) groups is 1. The first-order valence-corrected chi connectivity index (χ1v) is 8.41. The summed E-state index contributed by atoms with van der Waals surface area (Å²) in [4.78, 5) is 17.6. The molecule has 0 bridgehead atoms. The molecular formula is C16H29N3OS. The molecule has 0 aromatic carbocycles. The number of hydrogen-bond acceptors (Lipinski definition) is 3. The second-order valence-corrected chi connectivity index (χ2v) is 8.11. The maximum atomic E-state index is 12.8. The second-order valence-electron chi connectivity index (χ2n) is 7.67. The maximum Gasteiger partial charge on any atom is 0.226 e. The van der Waals surface area contributed by atoms with E-state index in [0.29, 0.717) is 10.9 Å². The van der Waals surface area contributed by atoms with E-state index in [1.165, 1.54) is 6.42 Å². The zero-order valence-corrected chi connectivity index (χ0v) is 14.6. The number of amides is 1. The van der Waals surface area contributed by atoms with Gasteiger partial charge in [-0.3, -0.25) is 9.69 Å². The molecule has 120 valence electrons. The monoisotopic (exact) mass is 311 g/mol. The van der Waals surface area contributed by atoms with Crippen LogP contribution in [0.4, 0.5) is 0 Å². The van der Waals surface area contributed by atoms with Crippen LogP contribution in [0, 0.1) is 11.3 Å². The van der Waals surface area contributed by atoms with Crippen molar-refractivity contribution in [1.82, 2.24) is 9.80 Å². The van der Waals surface area contributed by atoms with Gasteiger partial charge in [-0.2, -0.15) is 0 Å². The summed E-state index contributed by atoms with van der Waals surface area (Å²) < 4.78 is 0. The lowest BCUT2D eigenvalue weighted by molar-refractivity contribution is -0.140. The highest BCUT2D eigenvalue weighted by atomic mass is 32.1. The molecule has 1 atom stereocenters. The fraction of sp³-hybridized carbons (Fsp3) is 0.875. The van der Waals surface area contributed by atoms with E-state index in [2.05, 4.69) is 32.6 Å². The van der Waals surface area contributed by atoms with Crippen molar-refractivity contribution >= 4 is 23.1 Å².